The van der Waals surface area contributed by atoms with Crippen LogP contribution in [0.25, 0.3) is 0 Å². The first-order chi connectivity index (χ1) is 8.58. The zero-order valence-electron chi connectivity index (χ0n) is 10.0. The highest BCUT2D eigenvalue weighted by molar-refractivity contribution is 5.66. The van der Waals surface area contributed by atoms with Crippen molar-refractivity contribution >= 4 is 11.4 Å². The van der Waals surface area contributed by atoms with E-state index in [1.165, 1.54) is 6.07 Å². The van der Waals surface area contributed by atoms with Crippen molar-refractivity contribution in [3.8, 4) is 0 Å². The van der Waals surface area contributed by atoms with E-state index in [1.807, 2.05) is 31.2 Å². The summed E-state index contributed by atoms with van der Waals surface area (Å²) in [6, 6.07) is 9.75. The highest BCUT2D eigenvalue weighted by atomic mass is 19.1. The molecule has 0 bridgehead atoms. The fourth-order valence-electron chi connectivity index (χ4n) is 1.73. The van der Waals surface area contributed by atoms with Crippen molar-refractivity contribution in [2.75, 3.05) is 11.1 Å². The molecule has 2 nitrogen and oxygen atoms in total. The summed E-state index contributed by atoms with van der Waals surface area (Å²) in [5, 5.41) is 2.95. The van der Waals surface area contributed by atoms with Gasteiger partial charge in [0.1, 0.15) is 5.82 Å². The summed E-state index contributed by atoms with van der Waals surface area (Å²) in [5.74, 6) is -1.39. The molecule has 0 fully saturated rings. The molecule has 0 saturated carbocycles. The van der Waals surface area contributed by atoms with Crippen molar-refractivity contribution in [2.24, 2.45) is 0 Å². The van der Waals surface area contributed by atoms with Crippen LogP contribution in [0.3, 0.4) is 0 Å². The second-order valence-electron chi connectivity index (χ2n) is 4.13. The minimum atomic E-state index is -0.748. The van der Waals surface area contributed by atoms with E-state index in [2.05, 4.69) is 5.32 Å². The number of rotatable bonds is 3. The van der Waals surface area contributed by atoms with Crippen LogP contribution in [0.15, 0.2) is 36.4 Å². The predicted molar refractivity (Wildman–Crippen MR) is 69.3 cm³/mol. The van der Waals surface area contributed by atoms with Gasteiger partial charge in [-0.1, -0.05) is 24.3 Å². The van der Waals surface area contributed by atoms with Crippen molar-refractivity contribution in [3.63, 3.8) is 0 Å². The molecule has 0 spiro atoms. The van der Waals surface area contributed by atoms with Crippen LogP contribution in [0.5, 0.6) is 0 Å². The van der Waals surface area contributed by atoms with E-state index in [-0.39, 0.29) is 11.4 Å². The second kappa shape index (κ2) is 5.04. The predicted octanol–water partition coefficient (Wildman–Crippen LogP) is 3.47. The van der Waals surface area contributed by atoms with Gasteiger partial charge in [-0.05, 0) is 24.1 Å². The summed E-state index contributed by atoms with van der Waals surface area (Å²) >= 11 is 0. The number of nitrogens with two attached hydrogens (primary N) is 1. The molecule has 0 heterocycles. The Balaban J connectivity index is 2.18. The van der Waals surface area contributed by atoms with Crippen molar-refractivity contribution in [2.45, 2.75) is 13.5 Å². The largest absolute Gasteiger partial charge is 0.395 e. The topological polar surface area (TPSA) is 38.0 Å². The summed E-state index contributed by atoms with van der Waals surface area (Å²) in [6.07, 6.45) is 0. The van der Waals surface area contributed by atoms with Gasteiger partial charge >= 0.3 is 0 Å². The number of anilines is 2. The van der Waals surface area contributed by atoms with E-state index >= 15 is 0 Å². The lowest BCUT2D eigenvalue weighted by Crippen LogP contribution is -2.05. The minimum Gasteiger partial charge on any atom is -0.395 e. The molecule has 0 aromatic heterocycles. The monoisotopic (exact) mass is 248 g/mol. The van der Waals surface area contributed by atoms with Gasteiger partial charge in [-0.2, -0.15) is 0 Å². The number of nitrogen functional groups attached to an aromatic ring is 1. The Morgan fingerprint density at radius 3 is 2.61 bits per heavy atom. The van der Waals surface area contributed by atoms with Gasteiger partial charge in [0.15, 0.2) is 5.82 Å². The lowest BCUT2D eigenvalue weighted by molar-refractivity contribution is 0.587. The number of hydrogen-bond donors (Lipinski definition) is 2. The molecule has 0 aliphatic rings. The van der Waals surface area contributed by atoms with Gasteiger partial charge in [-0.3, -0.25) is 0 Å². The molecule has 2 aromatic carbocycles. The molecule has 4 heteroatoms. The number of halogens is 2. The molecule has 3 N–H and O–H groups in total. The zero-order valence-corrected chi connectivity index (χ0v) is 10.0. The highest BCUT2D eigenvalue weighted by Crippen LogP contribution is 2.24. The van der Waals surface area contributed by atoms with Crippen LogP contribution >= 0.6 is 0 Å². The lowest BCUT2D eigenvalue weighted by Gasteiger charge is -2.11. The maximum absolute atomic E-state index is 13.2. The van der Waals surface area contributed by atoms with Crippen LogP contribution in [0.4, 0.5) is 20.2 Å². The van der Waals surface area contributed by atoms with Crippen LogP contribution < -0.4 is 11.1 Å². The number of aryl methyl sites for hydroxylation is 1. The Morgan fingerprint density at radius 1 is 1.17 bits per heavy atom. The first-order valence-electron chi connectivity index (χ1n) is 5.61. The van der Waals surface area contributed by atoms with Gasteiger partial charge in [0.25, 0.3) is 0 Å². The third-order valence-corrected chi connectivity index (χ3v) is 2.82. The molecule has 94 valence electrons. The summed E-state index contributed by atoms with van der Waals surface area (Å²) in [4.78, 5) is 0. The average molecular weight is 248 g/mol. The maximum Gasteiger partial charge on any atom is 0.151 e. The first kappa shape index (κ1) is 12.4. The van der Waals surface area contributed by atoms with Crippen LogP contribution in [-0.2, 0) is 6.54 Å². The Morgan fingerprint density at radius 2 is 1.89 bits per heavy atom. The Kier molecular flexibility index (Phi) is 3.46. The number of nitrogens with one attached hydrogen (secondary N) is 1. The quantitative estimate of drug-likeness (QED) is 0.816. The molecular weight excluding hydrogens is 234 g/mol. The van der Waals surface area contributed by atoms with E-state index in [1.54, 1.807) is 0 Å². The molecule has 0 radical (unpaired) electrons. The van der Waals surface area contributed by atoms with Gasteiger partial charge < -0.3 is 11.1 Å². The van der Waals surface area contributed by atoms with E-state index in [4.69, 9.17) is 5.73 Å². The van der Waals surface area contributed by atoms with E-state index in [0.717, 1.165) is 17.2 Å². The third-order valence-electron chi connectivity index (χ3n) is 2.82. The summed E-state index contributed by atoms with van der Waals surface area (Å²) in [5.41, 5.74) is 7.93. The van der Waals surface area contributed by atoms with Crippen LogP contribution in [-0.4, -0.2) is 0 Å². The van der Waals surface area contributed by atoms with Gasteiger partial charge in [0.2, 0.25) is 0 Å². The minimum absolute atomic E-state index is 0.0648. The van der Waals surface area contributed by atoms with Crippen molar-refractivity contribution < 1.29 is 8.78 Å². The fourth-order valence-corrected chi connectivity index (χ4v) is 1.73. The van der Waals surface area contributed by atoms with Crippen LogP contribution in [0.2, 0.25) is 0 Å². The lowest BCUT2D eigenvalue weighted by atomic mass is 10.1. The summed E-state index contributed by atoms with van der Waals surface area (Å²) in [6.45, 7) is 2.45. The average Bonchev–Trinajstić information content (AvgIpc) is 2.33. The first-order valence-corrected chi connectivity index (χ1v) is 5.61. The standard InChI is InChI=1S/C14H14F2N2/c1-9-4-2-3-5-10(9)8-18-13-7-11(15)6-12(16)14(13)17/h2-7,18H,8,17H2,1H3. The van der Waals surface area contributed by atoms with Crippen LogP contribution in [0, 0.1) is 18.6 Å². The number of benzene rings is 2. The van der Waals surface area contributed by atoms with Gasteiger partial charge in [0.05, 0.1) is 11.4 Å². The molecule has 0 aliphatic carbocycles. The van der Waals surface area contributed by atoms with E-state index in [0.29, 0.717) is 6.54 Å². The van der Waals surface area contributed by atoms with Gasteiger partial charge in [0, 0.05) is 12.6 Å². The van der Waals surface area contributed by atoms with Crippen LogP contribution in [0.1, 0.15) is 11.1 Å². The molecule has 18 heavy (non-hydrogen) atoms. The van der Waals surface area contributed by atoms with E-state index in [9.17, 15) is 8.78 Å². The molecule has 0 amide bonds. The fraction of sp³-hybridized carbons (Fsp3) is 0.143. The van der Waals surface area contributed by atoms with Crippen molar-refractivity contribution in [3.05, 3.63) is 59.2 Å². The Labute approximate surface area is 104 Å². The molecular formula is C14H14F2N2. The van der Waals surface area contributed by atoms with E-state index < -0.39 is 11.6 Å². The smallest absolute Gasteiger partial charge is 0.151 e. The Bertz CT molecular complexity index is 568. The molecule has 0 unspecified atom stereocenters. The highest BCUT2D eigenvalue weighted by Gasteiger charge is 2.08. The SMILES string of the molecule is Cc1ccccc1CNc1cc(F)cc(F)c1N. The van der Waals surface area contributed by atoms with Gasteiger partial charge in [-0.15, -0.1) is 0 Å². The second-order valence-corrected chi connectivity index (χ2v) is 4.13. The molecule has 2 rings (SSSR count). The Hall–Kier alpha value is -2.10. The summed E-state index contributed by atoms with van der Waals surface area (Å²) in [7, 11) is 0. The van der Waals surface area contributed by atoms with Crippen molar-refractivity contribution in [1.82, 2.24) is 0 Å². The number of hydrogen-bond acceptors (Lipinski definition) is 2. The molecule has 2 aromatic rings. The molecule has 0 atom stereocenters. The molecule has 0 saturated heterocycles. The molecule has 0 aliphatic heterocycles. The normalized spacial score (nSPS) is 10.4. The van der Waals surface area contributed by atoms with Gasteiger partial charge in [-0.25, -0.2) is 8.78 Å². The van der Waals surface area contributed by atoms with Crippen molar-refractivity contribution in [1.29, 1.82) is 0 Å². The summed E-state index contributed by atoms with van der Waals surface area (Å²) < 4.78 is 26.3. The third kappa shape index (κ3) is 2.59. The zero-order chi connectivity index (χ0) is 13.1. The maximum atomic E-state index is 13.2.